The zero-order valence-corrected chi connectivity index (χ0v) is 14.7. The Morgan fingerprint density at radius 2 is 1.81 bits per heavy atom. The Hall–Kier alpha value is -3.03. The maximum absolute atomic E-state index is 13.7. The summed E-state index contributed by atoms with van der Waals surface area (Å²) >= 11 is 0. The van der Waals surface area contributed by atoms with Crippen LogP contribution in [0.2, 0.25) is 0 Å². The average Bonchev–Trinajstić information content (AvgIpc) is 2.59. The second-order valence-corrected chi connectivity index (χ2v) is 5.61. The Labute approximate surface area is 149 Å². The number of pyridine rings is 1. The van der Waals surface area contributed by atoms with E-state index in [2.05, 4.69) is 5.32 Å². The number of aryl methyl sites for hydroxylation is 1. The Morgan fingerprint density at radius 1 is 1.15 bits per heavy atom. The van der Waals surface area contributed by atoms with Crippen LogP contribution in [0.15, 0.2) is 35.3 Å². The molecule has 0 atom stereocenters. The number of hydrogen-bond donors (Lipinski definition) is 1. The number of nitrogens with one attached hydrogen (secondary N) is 1. The van der Waals surface area contributed by atoms with Gasteiger partial charge in [-0.25, -0.2) is 8.78 Å². The van der Waals surface area contributed by atoms with Crippen LogP contribution in [0.5, 0.6) is 0 Å². The molecule has 2 rings (SSSR count). The van der Waals surface area contributed by atoms with Crippen molar-refractivity contribution >= 4 is 17.5 Å². The highest BCUT2D eigenvalue weighted by Crippen LogP contribution is 2.13. The summed E-state index contributed by atoms with van der Waals surface area (Å²) in [5, 5.41) is 2.29. The summed E-state index contributed by atoms with van der Waals surface area (Å²) in [6.07, 6.45) is 1.37. The molecule has 1 aromatic carbocycles. The summed E-state index contributed by atoms with van der Waals surface area (Å²) < 4.78 is 27.9. The third kappa shape index (κ3) is 3.96. The van der Waals surface area contributed by atoms with E-state index < -0.39 is 28.7 Å². The summed E-state index contributed by atoms with van der Waals surface area (Å²) in [5.41, 5.74) is -0.921. The lowest BCUT2D eigenvalue weighted by atomic mass is 10.1. The largest absolute Gasteiger partial charge is 0.339 e. The van der Waals surface area contributed by atoms with Crippen LogP contribution >= 0.6 is 0 Å². The van der Waals surface area contributed by atoms with Gasteiger partial charge in [0, 0.05) is 32.4 Å². The fraction of sp³-hybridized carbons (Fsp3) is 0.278. The molecule has 1 N–H and O–H groups in total. The summed E-state index contributed by atoms with van der Waals surface area (Å²) in [6.45, 7) is 4.62. The number of anilines is 1. The molecule has 8 heteroatoms. The number of halogens is 2. The van der Waals surface area contributed by atoms with E-state index in [4.69, 9.17) is 0 Å². The number of nitrogens with zero attached hydrogens (tertiary/aromatic N) is 2. The molecule has 0 unspecified atom stereocenters. The predicted octanol–water partition coefficient (Wildman–Crippen LogP) is 2.40. The number of rotatable bonds is 5. The average molecular weight is 363 g/mol. The normalized spacial score (nSPS) is 10.5. The summed E-state index contributed by atoms with van der Waals surface area (Å²) in [4.78, 5) is 38.5. The molecule has 2 aromatic rings. The highest BCUT2D eigenvalue weighted by Gasteiger charge is 2.18. The Morgan fingerprint density at radius 3 is 2.38 bits per heavy atom. The highest BCUT2D eigenvalue weighted by atomic mass is 19.1. The molecule has 0 saturated carbocycles. The molecule has 0 aliphatic carbocycles. The second kappa shape index (κ2) is 7.90. The van der Waals surface area contributed by atoms with Crippen LogP contribution in [-0.4, -0.2) is 34.4 Å². The van der Waals surface area contributed by atoms with Crippen LogP contribution in [0.25, 0.3) is 0 Å². The molecular weight excluding hydrogens is 344 g/mol. The van der Waals surface area contributed by atoms with Crippen molar-refractivity contribution in [2.24, 2.45) is 7.05 Å². The van der Waals surface area contributed by atoms with E-state index in [1.807, 2.05) is 13.8 Å². The van der Waals surface area contributed by atoms with Gasteiger partial charge in [0.05, 0.1) is 11.1 Å². The van der Waals surface area contributed by atoms with Gasteiger partial charge in [-0.05, 0) is 32.0 Å². The molecule has 1 aromatic heterocycles. The van der Waals surface area contributed by atoms with Gasteiger partial charge in [-0.15, -0.1) is 0 Å². The van der Waals surface area contributed by atoms with E-state index in [0.29, 0.717) is 19.2 Å². The first-order chi connectivity index (χ1) is 12.3. The lowest BCUT2D eigenvalue weighted by Gasteiger charge is -2.19. The number of amides is 2. The van der Waals surface area contributed by atoms with E-state index in [-0.39, 0.29) is 17.2 Å². The van der Waals surface area contributed by atoms with Gasteiger partial charge in [-0.2, -0.15) is 0 Å². The van der Waals surface area contributed by atoms with E-state index in [9.17, 15) is 23.2 Å². The number of benzene rings is 1. The molecule has 0 bridgehead atoms. The maximum Gasteiger partial charge on any atom is 0.274 e. The molecular formula is C18H19F2N3O3. The van der Waals surface area contributed by atoms with Crippen molar-refractivity contribution in [1.29, 1.82) is 0 Å². The zero-order valence-electron chi connectivity index (χ0n) is 14.7. The van der Waals surface area contributed by atoms with E-state index >= 15 is 0 Å². The minimum Gasteiger partial charge on any atom is -0.339 e. The lowest BCUT2D eigenvalue weighted by Crippen LogP contribution is -2.32. The maximum atomic E-state index is 13.7. The van der Waals surface area contributed by atoms with Crippen LogP contribution in [0, 0.1) is 11.6 Å². The van der Waals surface area contributed by atoms with Crippen LogP contribution in [0.4, 0.5) is 14.5 Å². The summed E-state index contributed by atoms with van der Waals surface area (Å²) in [6, 6.07) is 3.75. The first-order valence-corrected chi connectivity index (χ1v) is 8.04. The van der Waals surface area contributed by atoms with Gasteiger partial charge >= 0.3 is 0 Å². The Balaban J connectivity index is 2.38. The summed E-state index contributed by atoms with van der Waals surface area (Å²) in [5.74, 6) is -3.07. The van der Waals surface area contributed by atoms with E-state index in [1.165, 1.54) is 19.3 Å². The first-order valence-electron chi connectivity index (χ1n) is 8.04. The minimum absolute atomic E-state index is 0.167. The van der Waals surface area contributed by atoms with Crippen molar-refractivity contribution in [3.63, 3.8) is 0 Å². The molecule has 0 saturated heterocycles. The molecule has 6 nitrogen and oxygen atoms in total. The number of carbonyl (C=O) groups excluding carboxylic acids is 2. The molecule has 0 fully saturated rings. The van der Waals surface area contributed by atoms with Gasteiger partial charge in [-0.3, -0.25) is 14.4 Å². The molecule has 2 amide bonds. The Kier molecular flexibility index (Phi) is 5.86. The van der Waals surface area contributed by atoms with Crippen LogP contribution in [0.3, 0.4) is 0 Å². The third-order valence-electron chi connectivity index (χ3n) is 3.90. The van der Waals surface area contributed by atoms with Gasteiger partial charge in [0.1, 0.15) is 17.3 Å². The zero-order chi connectivity index (χ0) is 19.4. The third-order valence-corrected chi connectivity index (χ3v) is 3.90. The van der Waals surface area contributed by atoms with E-state index in [1.54, 1.807) is 4.90 Å². The molecule has 0 aliphatic heterocycles. The van der Waals surface area contributed by atoms with Crippen molar-refractivity contribution in [2.75, 3.05) is 18.4 Å². The topological polar surface area (TPSA) is 71.4 Å². The van der Waals surface area contributed by atoms with Gasteiger partial charge in [0.25, 0.3) is 17.4 Å². The van der Waals surface area contributed by atoms with Crippen molar-refractivity contribution in [3.05, 3.63) is 63.6 Å². The van der Waals surface area contributed by atoms with Crippen molar-refractivity contribution in [3.8, 4) is 0 Å². The van der Waals surface area contributed by atoms with Crippen molar-refractivity contribution in [2.45, 2.75) is 13.8 Å². The molecule has 0 spiro atoms. The highest BCUT2D eigenvalue weighted by molar-refractivity contribution is 6.05. The lowest BCUT2D eigenvalue weighted by molar-refractivity contribution is 0.0771. The fourth-order valence-electron chi connectivity index (χ4n) is 2.47. The van der Waals surface area contributed by atoms with Crippen molar-refractivity contribution < 1.29 is 18.4 Å². The van der Waals surface area contributed by atoms with Crippen molar-refractivity contribution in [1.82, 2.24) is 9.47 Å². The van der Waals surface area contributed by atoms with Gasteiger partial charge < -0.3 is 14.8 Å². The standard InChI is InChI=1S/C18H19F2N3O3/c1-4-23(5-2)17(25)11-8-15(18(26)22(3)10-11)21-16(24)13-7-6-12(19)9-14(13)20/h6-10H,4-5H2,1-3H3,(H,21,24). The quantitative estimate of drug-likeness (QED) is 0.887. The predicted molar refractivity (Wildman–Crippen MR) is 93.2 cm³/mol. The second-order valence-electron chi connectivity index (χ2n) is 5.61. The van der Waals surface area contributed by atoms with Crippen LogP contribution in [0.1, 0.15) is 34.6 Å². The van der Waals surface area contributed by atoms with E-state index in [0.717, 1.165) is 16.7 Å². The SMILES string of the molecule is CCN(CC)C(=O)c1cc(NC(=O)c2ccc(F)cc2F)c(=O)n(C)c1. The smallest absolute Gasteiger partial charge is 0.274 e. The van der Waals surface area contributed by atoms with Gasteiger partial charge in [0.2, 0.25) is 0 Å². The van der Waals surface area contributed by atoms with Gasteiger partial charge in [0.15, 0.2) is 0 Å². The number of aromatic nitrogens is 1. The summed E-state index contributed by atoms with van der Waals surface area (Å²) in [7, 11) is 1.44. The van der Waals surface area contributed by atoms with Gasteiger partial charge in [-0.1, -0.05) is 0 Å². The number of hydrogen-bond acceptors (Lipinski definition) is 3. The molecule has 0 aliphatic rings. The molecule has 138 valence electrons. The molecule has 1 heterocycles. The monoisotopic (exact) mass is 363 g/mol. The first kappa shape index (κ1) is 19.3. The van der Waals surface area contributed by atoms with Crippen LogP contribution in [-0.2, 0) is 7.05 Å². The fourth-order valence-corrected chi connectivity index (χ4v) is 2.47. The number of carbonyl (C=O) groups is 2. The molecule has 0 radical (unpaired) electrons. The molecule has 26 heavy (non-hydrogen) atoms. The Bertz CT molecular complexity index is 905. The van der Waals surface area contributed by atoms with Crippen LogP contribution < -0.4 is 10.9 Å². The minimum atomic E-state index is -1.05.